The van der Waals surface area contributed by atoms with Crippen LogP contribution in [0.1, 0.15) is 164 Å². The Kier molecular flexibility index (Phi) is 22.3. The normalized spacial score (nSPS) is 16.0. The molecule has 0 aromatic heterocycles. The van der Waals surface area contributed by atoms with E-state index >= 15 is 0 Å². The van der Waals surface area contributed by atoms with E-state index in [2.05, 4.69) is 108 Å². The Hall–Kier alpha value is -3.10. The molecule has 2 heteroatoms. The Morgan fingerprint density at radius 2 is 1.17 bits per heavy atom. The molecule has 292 valence electrons. The minimum atomic E-state index is 0.305. The van der Waals surface area contributed by atoms with Crippen LogP contribution in [0.2, 0.25) is 0 Å². The molecule has 0 radical (unpaired) electrons. The SMILES string of the molecule is C=C.C=C(CCC(CCC)OCc1ccc(CC2CCCCC2)cc1)c1ccc(CC2CCCCC2)cc1.CCCCCC(C)Oc1ccc(C)cc1. The Bertz CT molecular complexity index is 1340. The van der Waals surface area contributed by atoms with E-state index in [1.807, 2.05) is 12.1 Å². The second-order valence-electron chi connectivity index (χ2n) is 16.0. The summed E-state index contributed by atoms with van der Waals surface area (Å²) < 4.78 is 12.2. The fraction of sp³-hybridized carbons (Fsp3) is 0.569. The summed E-state index contributed by atoms with van der Waals surface area (Å²) in [6.07, 6.45) is 26.7. The van der Waals surface area contributed by atoms with Gasteiger partial charge in [-0.1, -0.05) is 170 Å². The van der Waals surface area contributed by atoms with Gasteiger partial charge < -0.3 is 9.47 Å². The Balaban J connectivity index is 0.000000372. The molecule has 0 bridgehead atoms. The maximum absolute atomic E-state index is 6.41. The minimum absolute atomic E-state index is 0.305. The van der Waals surface area contributed by atoms with Crippen molar-refractivity contribution in [3.05, 3.63) is 120 Å². The van der Waals surface area contributed by atoms with Gasteiger partial charge in [0.2, 0.25) is 0 Å². The van der Waals surface area contributed by atoms with Crippen LogP contribution in [0.5, 0.6) is 5.75 Å². The van der Waals surface area contributed by atoms with Gasteiger partial charge in [0.25, 0.3) is 0 Å². The number of ether oxygens (including phenoxy) is 2. The summed E-state index contributed by atoms with van der Waals surface area (Å²) in [6.45, 7) is 19.9. The van der Waals surface area contributed by atoms with E-state index in [0.29, 0.717) is 12.2 Å². The zero-order valence-corrected chi connectivity index (χ0v) is 34.5. The molecule has 2 aliphatic rings. The quantitative estimate of drug-likeness (QED) is 0.0907. The summed E-state index contributed by atoms with van der Waals surface area (Å²) in [4.78, 5) is 0. The number of hydrogen-bond acceptors (Lipinski definition) is 2. The predicted molar refractivity (Wildman–Crippen MR) is 232 cm³/mol. The smallest absolute Gasteiger partial charge is 0.119 e. The number of unbranched alkanes of at least 4 members (excludes halogenated alkanes) is 2. The molecule has 2 fully saturated rings. The summed E-state index contributed by atoms with van der Waals surface area (Å²) in [7, 11) is 0. The first-order valence-electron chi connectivity index (χ1n) is 21.6. The molecule has 5 rings (SSSR count). The fourth-order valence-electron chi connectivity index (χ4n) is 8.01. The third-order valence-electron chi connectivity index (χ3n) is 11.3. The van der Waals surface area contributed by atoms with Gasteiger partial charge in [-0.2, -0.15) is 0 Å². The lowest BCUT2D eigenvalue weighted by Crippen LogP contribution is -2.13. The molecule has 2 saturated carbocycles. The lowest BCUT2D eigenvalue weighted by atomic mass is 9.84. The molecule has 53 heavy (non-hydrogen) atoms. The first-order valence-corrected chi connectivity index (χ1v) is 21.6. The Labute approximate surface area is 326 Å². The summed E-state index contributed by atoms with van der Waals surface area (Å²) in [6, 6.07) is 26.8. The van der Waals surface area contributed by atoms with Crippen molar-refractivity contribution in [1.82, 2.24) is 0 Å². The van der Waals surface area contributed by atoms with Gasteiger partial charge in [0.05, 0.1) is 18.8 Å². The van der Waals surface area contributed by atoms with Gasteiger partial charge >= 0.3 is 0 Å². The average Bonchev–Trinajstić information content (AvgIpc) is 3.19. The molecule has 0 N–H and O–H groups in total. The van der Waals surface area contributed by atoms with Crippen molar-refractivity contribution in [1.29, 1.82) is 0 Å². The van der Waals surface area contributed by atoms with Gasteiger partial charge in [0.1, 0.15) is 5.75 Å². The molecule has 0 amide bonds. The molecule has 3 aromatic rings. The number of aryl methyl sites for hydroxylation is 1. The molecule has 2 atom stereocenters. The lowest BCUT2D eigenvalue weighted by molar-refractivity contribution is 0.0300. The molecule has 0 heterocycles. The van der Waals surface area contributed by atoms with Crippen LogP contribution >= 0.6 is 0 Å². The third-order valence-corrected chi connectivity index (χ3v) is 11.3. The van der Waals surface area contributed by atoms with Gasteiger partial charge in [-0.3, -0.25) is 0 Å². The third kappa shape index (κ3) is 18.2. The molecule has 2 nitrogen and oxygen atoms in total. The highest BCUT2D eigenvalue weighted by Crippen LogP contribution is 2.29. The molecular formula is C51H76O2. The van der Waals surface area contributed by atoms with Gasteiger partial charge in [-0.05, 0) is 111 Å². The summed E-state index contributed by atoms with van der Waals surface area (Å²) in [5.41, 5.74) is 8.12. The van der Waals surface area contributed by atoms with Gasteiger partial charge in [-0.15, -0.1) is 13.2 Å². The first-order chi connectivity index (χ1) is 25.9. The van der Waals surface area contributed by atoms with Crippen molar-refractivity contribution in [2.45, 2.75) is 175 Å². The summed E-state index contributed by atoms with van der Waals surface area (Å²) in [5.74, 6) is 2.79. The second-order valence-corrected chi connectivity index (χ2v) is 16.0. The number of hydrogen-bond donors (Lipinski definition) is 0. The lowest BCUT2D eigenvalue weighted by Gasteiger charge is -2.22. The van der Waals surface area contributed by atoms with Crippen LogP contribution in [-0.2, 0) is 24.2 Å². The topological polar surface area (TPSA) is 18.5 Å². The zero-order valence-electron chi connectivity index (χ0n) is 34.5. The van der Waals surface area contributed by atoms with E-state index in [1.54, 1.807) is 0 Å². The summed E-state index contributed by atoms with van der Waals surface area (Å²) in [5, 5.41) is 0. The molecule has 2 aliphatic carbocycles. The molecule has 0 aliphatic heterocycles. The maximum atomic E-state index is 6.41. The standard InChI is InChI=1S/C35H50O.C14H22O.C2H4/c1-3-10-35(36-27-33-18-16-31(17-19-33)25-29-11-6-4-7-12-29)24-15-28(2)34-22-20-32(21-23-34)26-30-13-8-5-9-14-30;1-4-5-6-7-13(3)15-14-10-8-12(2)9-11-14;1-2/h16-23,29-30,35H,2-15,24-27H2,1H3;8-11,13H,4-7H2,1-3H3;1-2H2. The zero-order chi connectivity index (χ0) is 38.1. The first kappa shape index (κ1) is 44.3. The maximum Gasteiger partial charge on any atom is 0.119 e. The van der Waals surface area contributed by atoms with Crippen LogP contribution in [0.15, 0.2) is 92.5 Å². The highest BCUT2D eigenvalue weighted by Gasteiger charge is 2.16. The van der Waals surface area contributed by atoms with Crippen LogP contribution in [0.4, 0.5) is 0 Å². The minimum Gasteiger partial charge on any atom is -0.491 e. The van der Waals surface area contributed by atoms with Crippen molar-refractivity contribution < 1.29 is 9.47 Å². The van der Waals surface area contributed by atoms with E-state index in [1.165, 1.54) is 130 Å². The van der Waals surface area contributed by atoms with E-state index in [0.717, 1.165) is 56.3 Å². The van der Waals surface area contributed by atoms with Crippen molar-refractivity contribution in [2.75, 3.05) is 0 Å². The monoisotopic (exact) mass is 721 g/mol. The largest absolute Gasteiger partial charge is 0.491 e. The highest BCUT2D eigenvalue weighted by atomic mass is 16.5. The van der Waals surface area contributed by atoms with Gasteiger partial charge in [0.15, 0.2) is 0 Å². The van der Waals surface area contributed by atoms with Crippen LogP contribution in [0.3, 0.4) is 0 Å². The Morgan fingerprint density at radius 1 is 0.642 bits per heavy atom. The van der Waals surface area contributed by atoms with Crippen LogP contribution < -0.4 is 4.74 Å². The molecular weight excluding hydrogens is 645 g/mol. The van der Waals surface area contributed by atoms with Gasteiger partial charge in [0, 0.05) is 0 Å². The van der Waals surface area contributed by atoms with E-state index in [4.69, 9.17) is 9.47 Å². The number of benzene rings is 3. The van der Waals surface area contributed by atoms with E-state index in [-0.39, 0.29) is 0 Å². The van der Waals surface area contributed by atoms with E-state index in [9.17, 15) is 0 Å². The molecule has 0 saturated heterocycles. The fourth-order valence-corrected chi connectivity index (χ4v) is 8.01. The van der Waals surface area contributed by atoms with Crippen LogP contribution in [0.25, 0.3) is 5.57 Å². The molecule has 2 unspecified atom stereocenters. The van der Waals surface area contributed by atoms with Crippen molar-refractivity contribution in [3.63, 3.8) is 0 Å². The van der Waals surface area contributed by atoms with Gasteiger partial charge in [-0.25, -0.2) is 0 Å². The number of allylic oxidation sites excluding steroid dienone is 1. The average molecular weight is 721 g/mol. The summed E-state index contributed by atoms with van der Waals surface area (Å²) >= 11 is 0. The van der Waals surface area contributed by atoms with Crippen molar-refractivity contribution in [2.24, 2.45) is 11.8 Å². The van der Waals surface area contributed by atoms with Crippen molar-refractivity contribution in [3.8, 4) is 5.75 Å². The molecule has 0 spiro atoms. The predicted octanol–water partition coefficient (Wildman–Crippen LogP) is 15.3. The Morgan fingerprint density at radius 3 is 1.70 bits per heavy atom. The van der Waals surface area contributed by atoms with Crippen LogP contribution in [0, 0.1) is 18.8 Å². The van der Waals surface area contributed by atoms with Crippen molar-refractivity contribution >= 4 is 5.57 Å². The highest BCUT2D eigenvalue weighted by molar-refractivity contribution is 5.63. The van der Waals surface area contributed by atoms with E-state index < -0.39 is 0 Å². The van der Waals surface area contributed by atoms with Crippen LogP contribution in [-0.4, -0.2) is 12.2 Å². The second kappa shape index (κ2) is 26.6. The number of rotatable bonds is 19. The molecule has 3 aromatic carbocycles.